The van der Waals surface area contributed by atoms with Crippen molar-refractivity contribution < 1.29 is 5.11 Å². The van der Waals surface area contributed by atoms with Gasteiger partial charge in [-0.1, -0.05) is 6.07 Å². The first-order chi connectivity index (χ1) is 11.8. The molecule has 1 N–H and O–H groups in total. The average molecular weight is 315 g/mol. The Kier molecular flexibility index (Phi) is 3.34. The van der Waals surface area contributed by atoms with Gasteiger partial charge in [0.05, 0.1) is 23.5 Å². The van der Waals surface area contributed by atoms with E-state index in [0.29, 0.717) is 5.56 Å². The van der Waals surface area contributed by atoms with Gasteiger partial charge in [0.1, 0.15) is 12.4 Å². The molecule has 0 saturated carbocycles. The van der Waals surface area contributed by atoms with Crippen molar-refractivity contribution in [3.63, 3.8) is 0 Å². The van der Waals surface area contributed by atoms with E-state index < -0.39 is 0 Å². The number of fused-ring (bicyclic) bond motifs is 1. The van der Waals surface area contributed by atoms with Crippen LogP contribution in [0.2, 0.25) is 0 Å². The number of nitrogens with zero attached hydrogens (tertiary/aromatic N) is 5. The molecule has 0 atom stereocenters. The number of aliphatic hydroxyl groups excluding tert-OH is 1. The number of pyridine rings is 1. The average Bonchev–Trinajstić information content (AvgIpc) is 3.28. The molecule has 24 heavy (non-hydrogen) atoms. The van der Waals surface area contributed by atoms with E-state index in [4.69, 9.17) is 5.26 Å². The van der Waals surface area contributed by atoms with Crippen LogP contribution in [0, 0.1) is 11.3 Å². The summed E-state index contributed by atoms with van der Waals surface area (Å²) in [5.74, 6) is 0. The summed E-state index contributed by atoms with van der Waals surface area (Å²) in [5, 5.41) is 23.8. The maximum atomic E-state index is 9.37. The number of benzene rings is 1. The topological polar surface area (TPSA) is 79.7 Å². The first kappa shape index (κ1) is 14.2. The number of aliphatic hydroxyl groups is 1. The quantitative estimate of drug-likeness (QED) is 0.630. The van der Waals surface area contributed by atoms with Gasteiger partial charge in [0, 0.05) is 29.5 Å². The fraction of sp³-hybridized carbons (Fsp3) is 0.0556. The van der Waals surface area contributed by atoms with E-state index in [9.17, 15) is 5.11 Å². The molecule has 116 valence electrons. The van der Waals surface area contributed by atoms with Crippen molar-refractivity contribution in [1.82, 2.24) is 19.3 Å². The lowest BCUT2D eigenvalue weighted by molar-refractivity contribution is 0.215. The maximum Gasteiger partial charge on any atom is 0.142 e. The lowest BCUT2D eigenvalue weighted by atomic mass is 10.1. The Labute approximate surface area is 137 Å². The molecule has 4 aromatic rings. The molecule has 0 aliphatic rings. The molecule has 0 aliphatic heterocycles. The van der Waals surface area contributed by atoms with Gasteiger partial charge in [-0.25, -0.2) is 9.67 Å². The lowest BCUT2D eigenvalue weighted by Gasteiger charge is -2.03. The van der Waals surface area contributed by atoms with E-state index >= 15 is 0 Å². The van der Waals surface area contributed by atoms with E-state index in [1.807, 2.05) is 36.7 Å². The third-order valence-corrected chi connectivity index (χ3v) is 3.95. The molecule has 0 amide bonds. The highest BCUT2D eigenvalue weighted by Crippen LogP contribution is 2.28. The second-order valence-corrected chi connectivity index (χ2v) is 5.36. The summed E-state index contributed by atoms with van der Waals surface area (Å²) in [5.41, 5.74) is 4.10. The summed E-state index contributed by atoms with van der Waals surface area (Å²) >= 11 is 0. The van der Waals surface area contributed by atoms with Crippen molar-refractivity contribution in [1.29, 1.82) is 5.26 Å². The highest BCUT2D eigenvalue weighted by Gasteiger charge is 2.10. The van der Waals surface area contributed by atoms with Crippen molar-refractivity contribution in [2.45, 2.75) is 6.73 Å². The Morgan fingerprint density at radius 3 is 2.96 bits per heavy atom. The fourth-order valence-corrected chi connectivity index (χ4v) is 2.78. The molecule has 1 aromatic carbocycles. The van der Waals surface area contributed by atoms with Crippen LogP contribution in [0.1, 0.15) is 5.56 Å². The minimum absolute atomic E-state index is 0.111. The van der Waals surface area contributed by atoms with Crippen LogP contribution in [0.3, 0.4) is 0 Å². The van der Waals surface area contributed by atoms with Gasteiger partial charge in [0.25, 0.3) is 0 Å². The van der Waals surface area contributed by atoms with Gasteiger partial charge in [-0.05, 0) is 35.9 Å². The van der Waals surface area contributed by atoms with E-state index in [2.05, 4.69) is 16.2 Å². The van der Waals surface area contributed by atoms with Crippen molar-refractivity contribution in [2.24, 2.45) is 0 Å². The molecule has 0 saturated heterocycles. The molecule has 0 unspecified atom stereocenters. The van der Waals surface area contributed by atoms with Crippen LogP contribution < -0.4 is 0 Å². The van der Waals surface area contributed by atoms with Crippen LogP contribution in [-0.2, 0) is 6.73 Å². The van der Waals surface area contributed by atoms with Crippen LogP contribution in [0.25, 0.3) is 27.8 Å². The molecule has 0 spiro atoms. The second kappa shape index (κ2) is 5.65. The largest absolute Gasteiger partial charge is 0.376 e. The Bertz CT molecular complexity index is 1070. The van der Waals surface area contributed by atoms with Crippen LogP contribution >= 0.6 is 0 Å². The SMILES string of the molecule is N#Cc1cccc(-n2cc(-c3ccnc4c3ccn4CO)cn2)c1. The normalized spacial score (nSPS) is 10.8. The Morgan fingerprint density at radius 2 is 2.12 bits per heavy atom. The maximum absolute atomic E-state index is 9.37. The summed E-state index contributed by atoms with van der Waals surface area (Å²) in [6.45, 7) is -0.111. The fourth-order valence-electron chi connectivity index (χ4n) is 2.78. The molecule has 0 fully saturated rings. The molecular formula is C18H13N5O. The number of nitriles is 1. The molecule has 0 aliphatic carbocycles. The van der Waals surface area contributed by atoms with Crippen LogP contribution in [-0.4, -0.2) is 24.4 Å². The molecule has 0 radical (unpaired) electrons. The predicted molar refractivity (Wildman–Crippen MR) is 89.2 cm³/mol. The van der Waals surface area contributed by atoms with Gasteiger partial charge in [0.15, 0.2) is 0 Å². The summed E-state index contributed by atoms with van der Waals surface area (Å²) in [6.07, 6.45) is 7.23. The third kappa shape index (κ3) is 2.24. The van der Waals surface area contributed by atoms with Gasteiger partial charge in [-0.2, -0.15) is 10.4 Å². The first-order valence-corrected chi connectivity index (χ1v) is 7.40. The van der Waals surface area contributed by atoms with Gasteiger partial charge < -0.3 is 9.67 Å². The lowest BCUT2D eigenvalue weighted by Crippen LogP contribution is -1.95. The van der Waals surface area contributed by atoms with Crippen LogP contribution in [0.15, 0.2) is 61.2 Å². The molecule has 3 heterocycles. The van der Waals surface area contributed by atoms with Crippen molar-refractivity contribution in [3.8, 4) is 22.9 Å². The molecule has 6 nitrogen and oxygen atoms in total. The zero-order chi connectivity index (χ0) is 16.5. The second-order valence-electron chi connectivity index (χ2n) is 5.36. The molecular weight excluding hydrogens is 302 g/mol. The summed E-state index contributed by atoms with van der Waals surface area (Å²) in [4.78, 5) is 4.33. The molecule has 6 heteroatoms. The third-order valence-electron chi connectivity index (χ3n) is 3.95. The van der Waals surface area contributed by atoms with Crippen molar-refractivity contribution >= 4 is 11.0 Å². The van der Waals surface area contributed by atoms with E-state index in [1.165, 1.54) is 0 Å². The van der Waals surface area contributed by atoms with Crippen molar-refractivity contribution in [2.75, 3.05) is 0 Å². The monoisotopic (exact) mass is 315 g/mol. The van der Waals surface area contributed by atoms with Crippen LogP contribution in [0.4, 0.5) is 0 Å². The van der Waals surface area contributed by atoms with Crippen molar-refractivity contribution in [3.05, 3.63) is 66.7 Å². The Hall–Kier alpha value is -3.43. The number of hydrogen-bond donors (Lipinski definition) is 1. The minimum Gasteiger partial charge on any atom is -0.376 e. The zero-order valence-electron chi connectivity index (χ0n) is 12.7. The summed E-state index contributed by atoms with van der Waals surface area (Å²) in [6, 6.07) is 13.3. The Balaban J connectivity index is 1.81. The number of aromatic nitrogens is 4. The highest BCUT2D eigenvalue weighted by atomic mass is 16.3. The van der Waals surface area contributed by atoms with E-state index in [0.717, 1.165) is 27.8 Å². The zero-order valence-corrected chi connectivity index (χ0v) is 12.7. The van der Waals surface area contributed by atoms with E-state index in [1.54, 1.807) is 33.8 Å². The molecule has 0 bridgehead atoms. The first-order valence-electron chi connectivity index (χ1n) is 7.40. The van der Waals surface area contributed by atoms with Gasteiger partial charge in [0.2, 0.25) is 0 Å². The minimum atomic E-state index is -0.111. The molecule has 4 rings (SSSR count). The standard InChI is InChI=1S/C18H13N5O/c19-9-13-2-1-3-15(8-13)23-11-14(10-21-23)16-4-6-20-18-17(16)5-7-22(18)12-24/h1-8,10-11,24H,12H2. The highest BCUT2D eigenvalue weighted by molar-refractivity contribution is 5.92. The van der Waals surface area contributed by atoms with Crippen LogP contribution in [0.5, 0.6) is 0 Å². The van der Waals surface area contributed by atoms with Gasteiger partial charge in [-0.3, -0.25) is 0 Å². The van der Waals surface area contributed by atoms with E-state index in [-0.39, 0.29) is 6.73 Å². The molecule has 3 aromatic heterocycles. The number of hydrogen-bond acceptors (Lipinski definition) is 4. The smallest absolute Gasteiger partial charge is 0.142 e. The Morgan fingerprint density at radius 1 is 1.21 bits per heavy atom. The van der Waals surface area contributed by atoms with Gasteiger partial charge in [-0.15, -0.1) is 0 Å². The predicted octanol–water partition coefficient (Wildman–Crippen LogP) is 2.71. The summed E-state index contributed by atoms with van der Waals surface area (Å²) in [7, 11) is 0. The van der Waals surface area contributed by atoms with Gasteiger partial charge >= 0.3 is 0 Å². The number of rotatable bonds is 3. The summed E-state index contributed by atoms with van der Waals surface area (Å²) < 4.78 is 3.42.